The summed E-state index contributed by atoms with van der Waals surface area (Å²) < 4.78 is 30.4. The van der Waals surface area contributed by atoms with E-state index in [9.17, 15) is 13.2 Å². The minimum Gasteiger partial charge on any atom is -0.491 e. The van der Waals surface area contributed by atoms with Crippen LogP contribution in [0.5, 0.6) is 5.75 Å². The fraction of sp³-hybridized carbons (Fsp3) is 0.278. The molecule has 0 unspecified atom stereocenters. The molecule has 0 radical (unpaired) electrons. The second-order valence-electron chi connectivity index (χ2n) is 6.07. The smallest absolute Gasteiger partial charge is 0.253 e. The molecule has 0 aliphatic heterocycles. The number of rotatable bonds is 7. The summed E-state index contributed by atoms with van der Waals surface area (Å²) in [5.41, 5.74) is 1.69. The molecule has 0 saturated heterocycles. The molecule has 0 saturated carbocycles. The largest absolute Gasteiger partial charge is 0.491 e. The van der Waals surface area contributed by atoms with Gasteiger partial charge < -0.3 is 10.1 Å². The third kappa shape index (κ3) is 6.24. The number of hydrogen-bond acceptors (Lipinski definition) is 4. The van der Waals surface area contributed by atoms with Gasteiger partial charge >= 0.3 is 0 Å². The quantitative estimate of drug-likeness (QED) is 0.752. The monoisotopic (exact) mass is 396 g/mol. The Kier molecular flexibility index (Phi) is 6.50. The van der Waals surface area contributed by atoms with E-state index in [4.69, 9.17) is 16.3 Å². The molecule has 0 aliphatic carbocycles. The van der Waals surface area contributed by atoms with Crippen LogP contribution in [0.25, 0.3) is 0 Å². The maximum atomic E-state index is 12.3. The van der Waals surface area contributed by atoms with Crippen LogP contribution in [0.1, 0.15) is 22.8 Å². The van der Waals surface area contributed by atoms with Gasteiger partial charge in [-0.25, -0.2) is 8.42 Å². The highest BCUT2D eigenvalue weighted by atomic mass is 35.5. The van der Waals surface area contributed by atoms with Crippen LogP contribution in [0.3, 0.4) is 0 Å². The van der Waals surface area contributed by atoms with Gasteiger partial charge in [0.05, 0.1) is 22.9 Å². The summed E-state index contributed by atoms with van der Waals surface area (Å²) in [7, 11) is -3.41. The maximum Gasteiger partial charge on any atom is 0.253 e. The van der Waals surface area contributed by atoms with Gasteiger partial charge in [-0.3, -0.25) is 9.52 Å². The van der Waals surface area contributed by atoms with Crippen molar-refractivity contribution in [1.82, 2.24) is 5.32 Å². The first-order valence-electron chi connectivity index (χ1n) is 7.92. The first kappa shape index (κ1) is 20.1. The normalized spacial score (nSPS) is 12.3. The number of carbonyl (C=O) groups excluding carboxylic acids is 1. The summed E-state index contributed by atoms with van der Waals surface area (Å²) in [5.74, 6) is 0.367. The van der Waals surface area contributed by atoms with E-state index in [0.717, 1.165) is 17.6 Å². The van der Waals surface area contributed by atoms with Crippen LogP contribution in [0.2, 0.25) is 5.02 Å². The number of aryl methyl sites for hydroxylation is 1. The zero-order valence-corrected chi connectivity index (χ0v) is 16.3. The van der Waals surface area contributed by atoms with Crippen LogP contribution in [0.15, 0.2) is 42.5 Å². The van der Waals surface area contributed by atoms with Gasteiger partial charge in [0.2, 0.25) is 10.0 Å². The third-order valence-corrected chi connectivity index (χ3v) is 4.33. The van der Waals surface area contributed by atoms with E-state index in [1.807, 2.05) is 38.1 Å². The van der Waals surface area contributed by atoms with Crippen molar-refractivity contribution in [2.75, 3.05) is 17.6 Å². The summed E-state index contributed by atoms with van der Waals surface area (Å²) in [6.07, 6.45) is 1.04. The Labute approximate surface area is 158 Å². The summed E-state index contributed by atoms with van der Waals surface area (Å²) in [5, 5.41) is 2.95. The van der Waals surface area contributed by atoms with Crippen molar-refractivity contribution < 1.29 is 17.9 Å². The number of ether oxygens (including phenoxy) is 1. The summed E-state index contributed by atoms with van der Waals surface area (Å²) >= 11 is 6.10. The molecule has 0 heterocycles. The Morgan fingerprint density at radius 2 is 1.85 bits per heavy atom. The molecule has 1 atom stereocenters. The van der Waals surface area contributed by atoms with Crippen LogP contribution in [-0.4, -0.2) is 33.2 Å². The number of nitrogens with one attached hydrogen (secondary N) is 2. The summed E-state index contributed by atoms with van der Waals surface area (Å²) in [6.45, 7) is 4.12. The van der Waals surface area contributed by atoms with Crippen LogP contribution in [-0.2, 0) is 10.0 Å². The minimum atomic E-state index is -3.41. The van der Waals surface area contributed by atoms with Gasteiger partial charge in [-0.2, -0.15) is 0 Å². The zero-order valence-electron chi connectivity index (χ0n) is 14.7. The molecule has 1 amide bonds. The average molecular weight is 397 g/mol. The minimum absolute atomic E-state index is 0.155. The van der Waals surface area contributed by atoms with E-state index >= 15 is 0 Å². The predicted molar refractivity (Wildman–Crippen MR) is 104 cm³/mol. The van der Waals surface area contributed by atoms with Crippen LogP contribution < -0.4 is 14.8 Å². The molecule has 140 valence electrons. The predicted octanol–water partition coefficient (Wildman–Crippen LogP) is 3.22. The molecule has 2 N–H and O–H groups in total. The average Bonchev–Trinajstić information content (AvgIpc) is 2.52. The highest BCUT2D eigenvalue weighted by Crippen LogP contribution is 2.22. The lowest BCUT2D eigenvalue weighted by Crippen LogP contribution is -2.36. The van der Waals surface area contributed by atoms with Crippen molar-refractivity contribution in [3.05, 3.63) is 58.6 Å². The Balaban J connectivity index is 1.94. The molecule has 0 fully saturated rings. The van der Waals surface area contributed by atoms with Crippen LogP contribution in [0, 0.1) is 6.92 Å². The lowest BCUT2D eigenvalue weighted by atomic mass is 10.2. The molecule has 0 aromatic heterocycles. The SMILES string of the molecule is Cc1ccc(OC[C@@H](C)NC(=O)c2ccc(NS(C)(=O)=O)cc2Cl)cc1. The lowest BCUT2D eigenvalue weighted by molar-refractivity contribution is 0.0927. The molecular weight excluding hydrogens is 376 g/mol. The number of sulfonamides is 1. The van der Waals surface area contributed by atoms with Gasteiger partial charge in [0.25, 0.3) is 5.91 Å². The second-order valence-corrected chi connectivity index (χ2v) is 8.22. The topological polar surface area (TPSA) is 84.5 Å². The molecule has 0 aliphatic rings. The van der Waals surface area contributed by atoms with Gasteiger partial charge in [0.15, 0.2) is 0 Å². The number of anilines is 1. The highest BCUT2D eigenvalue weighted by molar-refractivity contribution is 7.92. The van der Waals surface area contributed by atoms with Crippen molar-refractivity contribution in [3.8, 4) is 5.75 Å². The first-order valence-corrected chi connectivity index (χ1v) is 10.2. The van der Waals surface area contributed by atoms with E-state index in [0.29, 0.717) is 12.3 Å². The first-order chi connectivity index (χ1) is 12.1. The zero-order chi connectivity index (χ0) is 19.3. The molecule has 2 rings (SSSR count). The van der Waals surface area contributed by atoms with Crippen molar-refractivity contribution >= 4 is 33.2 Å². The summed E-state index contributed by atoms with van der Waals surface area (Å²) in [4.78, 5) is 12.3. The van der Waals surface area contributed by atoms with Gasteiger partial charge in [0.1, 0.15) is 12.4 Å². The van der Waals surface area contributed by atoms with E-state index in [2.05, 4.69) is 10.0 Å². The molecule has 0 spiro atoms. The fourth-order valence-corrected chi connectivity index (χ4v) is 3.00. The lowest BCUT2D eigenvalue weighted by Gasteiger charge is -2.16. The fourth-order valence-electron chi connectivity index (χ4n) is 2.18. The standard InChI is InChI=1S/C18H21ClN2O4S/c1-12-4-7-15(8-5-12)25-11-13(2)20-18(22)16-9-6-14(10-17(16)19)21-26(3,23)24/h4-10,13,21H,11H2,1-3H3,(H,20,22)/t13-/m1/s1. The van der Waals surface area contributed by atoms with Crippen molar-refractivity contribution in [2.24, 2.45) is 0 Å². The second kappa shape index (κ2) is 8.42. The van der Waals surface area contributed by atoms with E-state index in [-0.39, 0.29) is 22.5 Å². The Hall–Kier alpha value is -2.25. The van der Waals surface area contributed by atoms with Crippen molar-refractivity contribution in [1.29, 1.82) is 0 Å². The number of hydrogen-bond donors (Lipinski definition) is 2. The highest BCUT2D eigenvalue weighted by Gasteiger charge is 2.15. The molecule has 8 heteroatoms. The van der Waals surface area contributed by atoms with Crippen LogP contribution >= 0.6 is 11.6 Å². The molecule has 2 aromatic rings. The molecule has 26 heavy (non-hydrogen) atoms. The van der Waals surface area contributed by atoms with Crippen molar-refractivity contribution in [2.45, 2.75) is 19.9 Å². The summed E-state index contributed by atoms with van der Waals surface area (Å²) in [6, 6.07) is 11.7. The van der Waals surface area contributed by atoms with E-state index < -0.39 is 10.0 Å². The van der Waals surface area contributed by atoms with E-state index in [1.165, 1.54) is 18.2 Å². The molecule has 0 bridgehead atoms. The number of halogens is 1. The van der Waals surface area contributed by atoms with Crippen molar-refractivity contribution in [3.63, 3.8) is 0 Å². The molecular formula is C18H21ClN2O4S. The van der Waals surface area contributed by atoms with Gasteiger partial charge in [-0.05, 0) is 44.2 Å². The Morgan fingerprint density at radius 1 is 1.19 bits per heavy atom. The Bertz CT molecular complexity index is 883. The third-order valence-electron chi connectivity index (χ3n) is 3.42. The molecule has 6 nitrogen and oxygen atoms in total. The van der Waals surface area contributed by atoms with Crippen LogP contribution in [0.4, 0.5) is 5.69 Å². The Morgan fingerprint density at radius 3 is 2.42 bits per heavy atom. The van der Waals surface area contributed by atoms with Gasteiger partial charge in [-0.1, -0.05) is 29.3 Å². The molecule has 2 aromatic carbocycles. The number of amides is 1. The number of carbonyl (C=O) groups is 1. The van der Waals surface area contributed by atoms with E-state index in [1.54, 1.807) is 0 Å². The van der Waals surface area contributed by atoms with Gasteiger partial charge in [-0.15, -0.1) is 0 Å². The maximum absolute atomic E-state index is 12.3. The van der Waals surface area contributed by atoms with Gasteiger partial charge in [0, 0.05) is 5.69 Å². The number of benzene rings is 2.